The van der Waals surface area contributed by atoms with Crippen molar-refractivity contribution in [3.8, 4) is 0 Å². The summed E-state index contributed by atoms with van der Waals surface area (Å²) in [7, 11) is 0. The highest BCUT2D eigenvalue weighted by Crippen LogP contribution is 2.16. The summed E-state index contributed by atoms with van der Waals surface area (Å²) in [5.74, 6) is -2.10. The highest BCUT2D eigenvalue weighted by Gasteiger charge is 2.21. The molecule has 3 N–H and O–H groups in total. The van der Waals surface area contributed by atoms with Crippen LogP contribution in [0.5, 0.6) is 0 Å². The monoisotopic (exact) mass is 270 g/mol. The predicted octanol–water partition coefficient (Wildman–Crippen LogP) is 2.38. The van der Waals surface area contributed by atoms with E-state index in [4.69, 9.17) is 5.73 Å². The van der Waals surface area contributed by atoms with Crippen molar-refractivity contribution in [2.45, 2.75) is 33.2 Å². The smallest absolute Gasteiger partial charge is 0.257 e. The zero-order valence-electron chi connectivity index (χ0n) is 11.5. The van der Waals surface area contributed by atoms with Crippen molar-refractivity contribution in [3.05, 3.63) is 34.9 Å². The molecule has 0 radical (unpaired) electrons. The molecule has 0 heterocycles. The van der Waals surface area contributed by atoms with Crippen LogP contribution in [0, 0.1) is 24.5 Å². The number of benzene rings is 1. The first kappa shape index (κ1) is 15.6. The number of halogens is 2. The number of carbonyl (C=O) groups is 1. The minimum atomic E-state index is -0.860. The third kappa shape index (κ3) is 3.99. The second-order valence-electron chi connectivity index (χ2n) is 5.09. The molecule has 19 heavy (non-hydrogen) atoms. The Kier molecular flexibility index (Phi) is 5.42. The van der Waals surface area contributed by atoms with Gasteiger partial charge in [-0.25, -0.2) is 8.78 Å². The van der Waals surface area contributed by atoms with E-state index in [1.165, 1.54) is 13.0 Å². The van der Waals surface area contributed by atoms with Crippen LogP contribution < -0.4 is 11.1 Å². The van der Waals surface area contributed by atoms with Gasteiger partial charge in [-0.05, 0) is 30.9 Å². The molecule has 3 nitrogen and oxygen atoms in total. The molecule has 0 aliphatic carbocycles. The van der Waals surface area contributed by atoms with Crippen LogP contribution in [0.3, 0.4) is 0 Å². The maximum atomic E-state index is 13.8. The van der Waals surface area contributed by atoms with Crippen LogP contribution in [0.15, 0.2) is 12.1 Å². The van der Waals surface area contributed by atoms with Crippen molar-refractivity contribution < 1.29 is 13.6 Å². The fourth-order valence-corrected chi connectivity index (χ4v) is 1.91. The summed E-state index contributed by atoms with van der Waals surface area (Å²) >= 11 is 0. The minimum absolute atomic E-state index is 0.235. The van der Waals surface area contributed by atoms with Gasteiger partial charge in [-0.15, -0.1) is 0 Å². The lowest BCUT2D eigenvalue weighted by Gasteiger charge is -2.19. The fourth-order valence-electron chi connectivity index (χ4n) is 1.91. The van der Waals surface area contributed by atoms with Gasteiger partial charge in [0.15, 0.2) is 0 Å². The van der Waals surface area contributed by atoms with Gasteiger partial charge in [0.05, 0.1) is 0 Å². The maximum absolute atomic E-state index is 13.8. The lowest BCUT2D eigenvalue weighted by atomic mass is 10.0. The number of hydrogen-bond acceptors (Lipinski definition) is 2. The number of rotatable bonds is 5. The summed E-state index contributed by atoms with van der Waals surface area (Å²) in [6, 6.07) is 2.11. The van der Waals surface area contributed by atoms with E-state index in [9.17, 15) is 13.6 Å². The molecule has 1 aromatic carbocycles. The largest absolute Gasteiger partial charge is 0.348 e. The topological polar surface area (TPSA) is 55.1 Å². The lowest BCUT2D eigenvalue weighted by molar-refractivity contribution is 0.0925. The average Bonchev–Trinajstić information content (AvgIpc) is 2.33. The molecule has 5 heteroatoms. The van der Waals surface area contributed by atoms with E-state index in [1.54, 1.807) is 0 Å². The van der Waals surface area contributed by atoms with Gasteiger partial charge in [0, 0.05) is 12.6 Å². The van der Waals surface area contributed by atoms with Crippen molar-refractivity contribution in [1.29, 1.82) is 0 Å². The molecule has 0 aliphatic heterocycles. The molecule has 1 amide bonds. The van der Waals surface area contributed by atoms with Crippen LogP contribution in [0.2, 0.25) is 0 Å². The van der Waals surface area contributed by atoms with Gasteiger partial charge in [0.25, 0.3) is 5.91 Å². The number of hydrogen-bond donors (Lipinski definition) is 2. The molecular weight excluding hydrogens is 250 g/mol. The molecule has 0 bridgehead atoms. The Morgan fingerprint density at radius 1 is 1.37 bits per heavy atom. The normalized spacial score (nSPS) is 12.6. The molecule has 0 aliphatic rings. The zero-order chi connectivity index (χ0) is 14.6. The highest BCUT2D eigenvalue weighted by atomic mass is 19.1. The van der Waals surface area contributed by atoms with Crippen molar-refractivity contribution in [3.63, 3.8) is 0 Å². The summed E-state index contributed by atoms with van der Waals surface area (Å²) in [6.45, 7) is 5.70. The molecule has 0 spiro atoms. The Morgan fingerprint density at radius 2 is 2.00 bits per heavy atom. The quantitative estimate of drug-likeness (QED) is 0.863. The van der Waals surface area contributed by atoms with Crippen LogP contribution in [0.1, 0.15) is 36.2 Å². The second-order valence-corrected chi connectivity index (χ2v) is 5.09. The molecule has 1 atom stereocenters. The molecule has 0 saturated heterocycles. The summed E-state index contributed by atoms with van der Waals surface area (Å²) in [5, 5.41) is 2.58. The molecule has 1 unspecified atom stereocenters. The van der Waals surface area contributed by atoms with Gasteiger partial charge in [0.2, 0.25) is 0 Å². The summed E-state index contributed by atoms with van der Waals surface area (Å²) in [4.78, 5) is 11.9. The highest BCUT2D eigenvalue weighted by molar-refractivity contribution is 5.95. The summed E-state index contributed by atoms with van der Waals surface area (Å²) in [5.41, 5.74) is 5.25. The van der Waals surface area contributed by atoms with Crippen molar-refractivity contribution in [2.24, 2.45) is 11.7 Å². The van der Waals surface area contributed by atoms with Gasteiger partial charge in [0.1, 0.15) is 17.2 Å². The first-order valence-corrected chi connectivity index (χ1v) is 6.32. The summed E-state index contributed by atoms with van der Waals surface area (Å²) in [6.07, 6.45) is 0.664. The number of aryl methyl sites for hydroxylation is 1. The van der Waals surface area contributed by atoms with Crippen LogP contribution in [-0.4, -0.2) is 18.5 Å². The van der Waals surface area contributed by atoms with Crippen molar-refractivity contribution >= 4 is 5.91 Å². The van der Waals surface area contributed by atoms with E-state index in [-0.39, 0.29) is 18.2 Å². The molecule has 0 fully saturated rings. The fraction of sp³-hybridized carbons (Fsp3) is 0.500. The Hall–Kier alpha value is -1.49. The zero-order valence-corrected chi connectivity index (χ0v) is 11.5. The number of amides is 1. The minimum Gasteiger partial charge on any atom is -0.348 e. The first-order chi connectivity index (χ1) is 8.86. The van der Waals surface area contributed by atoms with Gasteiger partial charge in [-0.3, -0.25) is 4.79 Å². The SMILES string of the molecule is Cc1ccc(F)c(C(=O)NC(CN)CC(C)C)c1F. The van der Waals surface area contributed by atoms with Gasteiger partial charge < -0.3 is 11.1 Å². The van der Waals surface area contributed by atoms with E-state index >= 15 is 0 Å². The maximum Gasteiger partial charge on any atom is 0.257 e. The van der Waals surface area contributed by atoms with Crippen LogP contribution in [-0.2, 0) is 0 Å². The van der Waals surface area contributed by atoms with E-state index < -0.39 is 23.1 Å². The molecule has 0 saturated carbocycles. The van der Waals surface area contributed by atoms with Gasteiger partial charge in [-0.2, -0.15) is 0 Å². The Balaban J connectivity index is 2.92. The van der Waals surface area contributed by atoms with Gasteiger partial charge in [-0.1, -0.05) is 19.9 Å². The van der Waals surface area contributed by atoms with Crippen LogP contribution in [0.4, 0.5) is 8.78 Å². The number of nitrogens with one attached hydrogen (secondary N) is 1. The van der Waals surface area contributed by atoms with Crippen molar-refractivity contribution in [2.75, 3.05) is 6.54 Å². The van der Waals surface area contributed by atoms with Gasteiger partial charge >= 0.3 is 0 Å². The summed E-state index contributed by atoms with van der Waals surface area (Å²) < 4.78 is 27.4. The standard InChI is InChI=1S/C14H20F2N2O/c1-8(2)6-10(7-17)18-14(19)12-11(15)5-4-9(3)13(12)16/h4-5,8,10H,6-7,17H2,1-3H3,(H,18,19). The molecular formula is C14H20F2N2O. The lowest BCUT2D eigenvalue weighted by Crippen LogP contribution is -2.41. The van der Waals surface area contributed by atoms with E-state index in [2.05, 4.69) is 5.32 Å². The van der Waals surface area contributed by atoms with E-state index in [1.807, 2.05) is 13.8 Å². The predicted molar refractivity (Wildman–Crippen MR) is 70.9 cm³/mol. The van der Waals surface area contributed by atoms with E-state index in [0.717, 1.165) is 6.07 Å². The third-order valence-corrected chi connectivity index (χ3v) is 2.89. The Labute approximate surface area is 112 Å². The average molecular weight is 270 g/mol. The Morgan fingerprint density at radius 3 is 2.53 bits per heavy atom. The molecule has 1 aromatic rings. The number of carbonyl (C=O) groups excluding carboxylic acids is 1. The number of nitrogens with two attached hydrogens (primary N) is 1. The molecule has 106 valence electrons. The van der Waals surface area contributed by atoms with Crippen LogP contribution >= 0.6 is 0 Å². The van der Waals surface area contributed by atoms with Crippen LogP contribution in [0.25, 0.3) is 0 Å². The molecule has 1 rings (SSSR count). The third-order valence-electron chi connectivity index (χ3n) is 2.89. The van der Waals surface area contributed by atoms with E-state index in [0.29, 0.717) is 12.3 Å². The first-order valence-electron chi connectivity index (χ1n) is 6.32. The second kappa shape index (κ2) is 6.61. The Bertz CT molecular complexity index is 461. The van der Waals surface area contributed by atoms with Crippen molar-refractivity contribution in [1.82, 2.24) is 5.32 Å². The molecule has 0 aromatic heterocycles.